The van der Waals surface area contributed by atoms with E-state index in [9.17, 15) is 9.59 Å². The molecule has 2 rings (SSSR count). The van der Waals surface area contributed by atoms with E-state index in [1.807, 2.05) is 6.07 Å². The molecular formula is C15H14N4O2S. The number of H-pyrrole nitrogens is 1. The Bertz CT molecular complexity index is 804. The highest BCUT2D eigenvalue weighted by atomic mass is 32.2. The predicted octanol–water partition coefficient (Wildman–Crippen LogP) is 1.73. The van der Waals surface area contributed by atoms with E-state index in [1.54, 1.807) is 44.6 Å². The Balaban J connectivity index is 2.53. The van der Waals surface area contributed by atoms with Gasteiger partial charge in [-0.15, -0.1) is 0 Å². The number of nitriles is 1. The number of aromatic nitrogens is 2. The Morgan fingerprint density at radius 2 is 1.95 bits per heavy atom. The van der Waals surface area contributed by atoms with Gasteiger partial charge < -0.3 is 9.88 Å². The molecular weight excluding hydrogens is 300 g/mol. The van der Waals surface area contributed by atoms with E-state index < -0.39 is 5.56 Å². The molecule has 2 aromatic rings. The first-order valence-corrected chi connectivity index (χ1v) is 7.61. The number of aromatic amines is 1. The second-order valence-corrected chi connectivity index (χ2v) is 5.48. The lowest BCUT2D eigenvalue weighted by atomic mass is 10.1. The second kappa shape index (κ2) is 6.45. The summed E-state index contributed by atoms with van der Waals surface area (Å²) in [4.78, 5) is 32.1. The SMILES string of the molecule is CSc1nc(-c2ccc(C(=O)N(C)C)cc2)c(C#N)c(=O)[nH]1. The van der Waals surface area contributed by atoms with E-state index in [0.717, 1.165) is 0 Å². The summed E-state index contributed by atoms with van der Waals surface area (Å²) in [6.07, 6.45) is 1.78. The molecule has 1 aromatic carbocycles. The van der Waals surface area contributed by atoms with Crippen molar-refractivity contribution < 1.29 is 4.79 Å². The largest absolute Gasteiger partial charge is 0.345 e. The highest BCUT2D eigenvalue weighted by molar-refractivity contribution is 7.98. The van der Waals surface area contributed by atoms with Crippen LogP contribution in [-0.2, 0) is 0 Å². The summed E-state index contributed by atoms with van der Waals surface area (Å²) in [6, 6.07) is 8.55. The van der Waals surface area contributed by atoms with Crippen molar-refractivity contribution in [3.8, 4) is 17.3 Å². The standard InChI is InChI=1S/C15H14N4O2S/c1-19(2)14(21)10-6-4-9(5-7-10)12-11(8-16)13(20)18-15(17-12)22-3/h4-7H,1-3H3,(H,17,18,20). The van der Waals surface area contributed by atoms with Gasteiger partial charge in [0.1, 0.15) is 11.6 Å². The van der Waals surface area contributed by atoms with Crippen molar-refractivity contribution in [2.45, 2.75) is 5.16 Å². The summed E-state index contributed by atoms with van der Waals surface area (Å²) < 4.78 is 0. The molecule has 1 N–H and O–H groups in total. The third kappa shape index (κ3) is 3.02. The molecule has 0 atom stereocenters. The van der Waals surface area contributed by atoms with Crippen LogP contribution >= 0.6 is 11.8 Å². The number of hydrogen-bond acceptors (Lipinski definition) is 5. The molecule has 0 aliphatic carbocycles. The monoisotopic (exact) mass is 314 g/mol. The summed E-state index contributed by atoms with van der Waals surface area (Å²) in [7, 11) is 3.35. The molecule has 0 radical (unpaired) electrons. The van der Waals surface area contributed by atoms with Gasteiger partial charge in [-0.25, -0.2) is 4.98 Å². The third-order valence-electron chi connectivity index (χ3n) is 3.01. The fourth-order valence-corrected chi connectivity index (χ4v) is 2.27. The Morgan fingerprint density at radius 3 is 2.45 bits per heavy atom. The number of nitrogens with zero attached hydrogens (tertiary/aromatic N) is 3. The van der Waals surface area contributed by atoms with Crippen molar-refractivity contribution in [3.63, 3.8) is 0 Å². The van der Waals surface area contributed by atoms with Crippen LogP contribution in [0.5, 0.6) is 0 Å². The Kier molecular flexibility index (Phi) is 4.63. The molecule has 0 fully saturated rings. The molecule has 0 aliphatic heterocycles. The normalized spacial score (nSPS) is 10.1. The minimum atomic E-state index is -0.467. The lowest BCUT2D eigenvalue weighted by molar-refractivity contribution is 0.0827. The minimum Gasteiger partial charge on any atom is -0.345 e. The molecule has 1 amide bonds. The van der Waals surface area contributed by atoms with Gasteiger partial charge in [-0.2, -0.15) is 5.26 Å². The van der Waals surface area contributed by atoms with Gasteiger partial charge in [0.25, 0.3) is 11.5 Å². The first kappa shape index (κ1) is 15.8. The lowest BCUT2D eigenvalue weighted by Gasteiger charge is -2.11. The Hall–Kier alpha value is -2.59. The zero-order chi connectivity index (χ0) is 16.3. The molecule has 0 spiro atoms. The van der Waals surface area contributed by atoms with E-state index in [-0.39, 0.29) is 11.5 Å². The van der Waals surface area contributed by atoms with Gasteiger partial charge in [-0.05, 0) is 18.4 Å². The van der Waals surface area contributed by atoms with Crippen LogP contribution in [0.1, 0.15) is 15.9 Å². The van der Waals surface area contributed by atoms with Crippen LogP contribution in [0.4, 0.5) is 0 Å². The number of amides is 1. The van der Waals surface area contributed by atoms with Crippen molar-refractivity contribution in [2.75, 3.05) is 20.4 Å². The fraction of sp³-hybridized carbons (Fsp3) is 0.200. The fourth-order valence-electron chi connectivity index (χ4n) is 1.89. The minimum absolute atomic E-state index is 0.0375. The van der Waals surface area contributed by atoms with Gasteiger partial charge in [0.15, 0.2) is 5.16 Å². The molecule has 0 saturated carbocycles. The van der Waals surface area contributed by atoms with Gasteiger partial charge in [-0.1, -0.05) is 23.9 Å². The van der Waals surface area contributed by atoms with Crippen molar-refractivity contribution in [1.82, 2.24) is 14.9 Å². The molecule has 1 aromatic heterocycles. The molecule has 1 heterocycles. The molecule has 0 aliphatic rings. The second-order valence-electron chi connectivity index (χ2n) is 4.69. The third-order valence-corrected chi connectivity index (χ3v) is 3.59. The summed E-state index contributed by atoms with van der Waals surface area (Å²) in [5.74, 6) is -0.115. The van der Waals surface area contributed by atoms with Crippen LogP contribution in [0.25, 0.3) is 11.3 Å². The zero-order valence-corrected chi connectivity index (χ0v) is 13.2. The molecule has 6 nitrogen and oxygen atoms in total. The van der Waals surface area contributed by atoms with Gasteiger partial charge in [0, 0.05) is 25.2 Å². The first-order chi connectivity index (χ1) is 10.5. The van der Waals surface area contributed by atoms with E-state index in [0.29, 0.717) is 22.0 Å². The van der Waals surface area contributed by atoms with E-state index in [1.165, 1.54) is 16.7 Å². The van der Waals surface area contributed by atoms with Crippen LogP contribution in [0.3, 0.4) is 0 Å². The zero-order valence-electron chi connectivity index (χ0n) is 12.4. The molecule has 0 unspecified atom stereocenters. The van der Waals surface area contributed by atoms with Crippen LogP contribution in [0, 0.1) is 11.3 Å². The lowest BCUT2D eigenvalue weighted by Crippen LogP contribution is -2.21. The number of rotatable bonds is 3. The quantitative estimate of drug-likeness (QED) is 0.688. The maximum Gasteiger partial charge on any atom is 0.270 e. The summed E-state index contributed by atoms with van der Waals surface area (Å²) in [6.45, 7) is 0. The average molecular weight is 314 g/mol. The maximum atomic E-state index is 11.9. The molecule has 0 saturated heterocycles. The summed E-state index contributed by atoms with van der Waals surface area (Å²) in [5.41, 5.74) is 0.963. The van der Waals surface area contributed by atoms with Gasteiger partial charge in [-0.3, -0.25) is 9.59 Å². The number of carbonyl (C=O) groups excluding carboxylic acids is 1. The molecule has 7 heteroatoms. The highest BCUT2D eigenvalue weighted by Crippen LogP contribution is 2.21. The first-order valence-electron chi connectivity index (χ1n) is 6.38. The summed E-state index contributed by atoms with van der Waals surface area (Å²) in [5, 5.41) is 9.60. The van der Waals surface area contributed by atoms with E-state index in [4.69, 9.17) is 5.26 Å². The molecule has 0 bridgehead atoms. The van der Waals surface area contributed by atoms with Crippen LogP contribution < -0.4 is 5.56 Å². The van der Waals surface area contributed by atoms with Gasteiger partial charge >= 0.3 is 0 Å². The summed E-state index contributed by atoms with van der Waals surface area (Å²) >= 11 is 1.29. The predicted molar refractivity (Wildman–Crippen MR) is 84.8 cm³/mol. The highest BCUT2D eigenvalue weighted by Gasteiger charge is 2.14. The number of hydrogen-bond donors (Lipinski definition) is 1. The van der Waals surface area contributed by atoms with Crippen molar-refractivity contribution in [1.29, 1.82) is 5.26 Å². The number of benzene rings is 1. The van der Waals surface area contributed by atoms with E-state index in [2.05, 4.69) is 9.97 Å². The Labute approximate surface area is 131 Å². The molecule has 112 valence electrons. The van der Waals surface area contributed by atoms with Crippen LogP contribution in [0.2, 0.25) is 0 Å². The smallest absolute Gasteiger partial charge is 0.270 e. The van der Waals surface area contributed by atoms with Gasteiger partial charge in [0.2, 0.25) is 0 Å². The Morgan fingerprint density at radius 1 is 1.32 bits per heavy atom. The van der Waals surface area contributed by atoms with Gasteiger partial charge in [0.05, 0.1) is 5.69 Å². The van der Waals surface area contributed by atoms with Crippen LogP contribution in [0.15, 0.2) is 34.2 Å². The number of nitrogens with one attached hydrogen (secondary N) is 1. The maximum absolute atomic E-state index is 11.9. The number of thioether (sulfide) groups is 1. The van der Waals surface area contributed by atoms with Crippen molar-refractivity contribution in [3.05, 3.63) is 45.7 Å². The topological polar surface area (TPSA) is 89.8 Å². The molecule has 22 heavy (non-hydrogen) atoms. The van der Waals surface area contributed by atoms with Crippen molar-refractivity contribution >= 4 is 17.7 Å². The average Bonchev–Trinajstić information content (AvgIpc) is 2.53. The van der Waals surface area contributed by atoms with Crippen molar-refractivity contribution in [2.24, 2.45) is 0 Å². The van der Waals surface area contributed by atoms with E-state index >= 15 is 0 Å². The number of carbonyl (C=O) groups is 1. The van der Waals surface area contributed by atoms with Crippen LogP contribution in [-0.4, -0.2) is 41.1 Å².